The lowest BCUT2D eigenvalue weighted by Crippen LogP contribution is -2.30. The monoisotopic (exact) mass is 442 g/mol. The van der Waals surface area contributed by atoms with Crippen molar-refractivity contribution in [1.82, 2.24) is 14.5 Å². The molecule has 0 spiro atoms. The largest absolute Gasteiger partial charge is 0.339 e. The number of halogens is 1. The van der Waals surface area contributed by atoms with Crippen molar-refractivity contribution >= 4 is 40.9 Å². The highest BCUT2D eigenvalue weighted by Gasteiger charge is 2.13. The minimum atomic E-state index is -0.150. The van der Waals surface area contributed by atoms with E-state index < -0.39 is 0 Å². The zero-order valence-electron chi connectivity index (χ0n) is 16.8. The molecule has 0 unspecified atom stereocenters. The number of hydrogen-bond acceptors (Lipinski definition) is 4. The Balaban J connectivity index is 1.58. The molecule has 3 rings (SSSR count). The maximum atomic E-state index is 12.4. The standard InChI is InChI=1S/C22H23ClN4O2S/c1-3-26(4-2)21(29)16-8-10-18(11-9-16)25-20(28)15-30-22-24-12-13-27(22)19-7-5-6-17(23)14-19/h5-14H,3-4,15H2,1-2H3,(H,25,28). The van der Waals surface area contributed by atoms with Crippen LogP contribution in [0.3, 0.4) is 0 Å². The lowest BCUT2D eigenvalue weighted by atomic mass is 10.2. The Morgan fingerprint density at radius 2 is 1.87 bits per heavy atom. The van der Waals surface area contributed by atoms with Crippen molar-refractivity contribution in [3.05, 3.63) is 71.5 Å². The fourth-order valence-corrected chi connectivity index (χ4v) is 3.89. The van der Waals surface area contributed by atoms with Gasteiger partial charge in [-0.1, -0.05) is 29.4 Å². The van der Waals surface area contributed by atoms with E-state index in [2.05, 4.69) is 10.3 Å². The summed E-state index contributed by atoms with van der Waals surface area (Å²) in [6.45, 7) is 5.22. The molecule has 1 aromatic heterocycles. The topological polar surface area (TPSA) is 67.2 Å². The summed E-state index contributed by atoms with van der Waals surface area (Å²) in [6.07, 6.45) is 3.52. The molecule has 30 heavy (non-hydrogen) atoms. The molecule has 0 atom stereocenters. The van der Waals surface area contributed by atoms with Crippen LogP contribution in [0.15, 0.2) is 66.1 Å². The van der Waals surface area contributed by atoms with E-state index in [-0.39, 0.29) is 17.6 Å². The first-order valence-corrected chi connectivity index (χ1v) is 11.0. The molecule has 1 N–H and O–H groups in total. The third-order valence-electron chi connectivity index (χ3n) is 4.49. The lowest BCUT2D eigenvalue weighted by Gasteiger charge is -2.18. The molecule has 3 aromatic rings. The zero-order valence-corrected chi connectivity index (χ0v) is 18.4. The molecule has 1 heterocycles. The first-order valence-electron chi connectivity index (χ1n) is 9.63. The van der Waals surface area contributed by atoms with Gasteiger partial charge in [-0.25, -0.2) is 4.98 Å². The van der Waals surface area contributed by atoms with Crippen LogP contribution in [0.2, 0.25) is 5.02 Å². The highest BCUT2D eigenvalue weighted by molar-refractivity contribution is 7.99. The van der Waals surface area contributed by atoms with Gasteiger partial charge in [-0.15, -0.1) is 0 Å². The highest BCUT2D eigenvalue weighted by Crippen LogP contribution is 2.22. The number of amides is 2. The minimum absolute atomic E-state index is 0.0127. The van der Waals surface area contributed by atoms with Crippen molar-refractivity contribution in [2.75, 3.05) is 24.2 Å². The molecule has 0 bridgehead atoms. The number of nitrogens with zero attached hydrogens (tertiary/aromatic N) is 3. The SMILES string of the molecule is CCN(CC)C(=O)c1ccc(NC(=O)CSc2nccn2-c2cccc(Cl)c2)cc1. The maximum absolute atomic E-state index is 12.4. The van der Waals surface area contributed by atoms with Crippen molar-refractivity contribution in [2.24, 2.45) is 0 Å². The molecule has 0 fully saturated rings. The molecule has 6 nitrogen and oxygen atoms in total. The third kappa shape index (κ3) is 5.43. The average Bonchev–Trinajstić information content (AvgIpc) is 3.22. The van der Waals surface area contributed by atoms with E-state index in [0.717, 1.165) is 5.69 Å². The summed E-state index contributed by atoms with van der Waals surface area (Å²) in [5.74, 6) is 0.0438. The van der Waals surface area contributed by atoms with Crippen LogP contribution in [0.4, 0.5) is 5.69 Å². The van der Waals surface area contributed by atoms with E-state index in [9.17, 15) is 9.59 Å². The maximum Gasteiger partial charge on any atom is 0.253 e. The number of nitrogens with one attached hydrogen (secondary N) is 1. The fraction of sp³-hybridized carbons (Fsp3) is 0.227. The molecule has 0 aliphatic carbocycles. The Labute approximate surface area is 185 Å². The van der Waals surface area contributed by atoms with E-state index in [1.807, 2.05) is 48.9 Å². The second-order valence-electron chi connectivity index (χ2n) is 6.45. The molecule has 0 aliphatic rings. The normalized spacial score (nSPS) is 10.6. The van der Waals surface area contributed by atoms with Crippen molar-refractivity contribution < 1.29 is 9.59 Å². The van der Waals surface area contributed by atoms with Crippen LogP contribution in [-0.2, 0) is 4.79 Å². The van der Waals surface area contributed by atoms with Gasteiger partial charge in [0.2, 0.25) is 5.91 Å². The van der Waals surface area contributed by atoms with Gasteiger partial charge in [0.25, 0.3) is 5.91 Å². The quantitative estimate of drug-likeness (QED) is 0.512. The number of hydrogen-bond donors (Lipinski definition) is 1. The van der Waals surface area contributed by atoms with E-state index >= 15 is 0 Å². The summed E-state index contributed by atoms with van der Waals surface area (Å²) in [5.41, 5.74) is 2.14. The first-order chi connectivity index (χ1) is 14.5. The number of anilines is 1. The van der Waals surface area contributed by atoms with Crippen LogP contribution in [0, 0.1) is 0 Å². The predicted molar refractivity (Wildman–Crippen MR) is 122 cm³/mol. The zero-order chi connectivity index (χ0) is 21.5. The van der Waals surface area contributed by atoms with Gasteiger partial charge in [0.05, 0.1) is 5.75 Å². The van der Waals surface area contributed by atoms with Crippen LogP contribution in [-0.4, -0.2) is 45.1 Å². The summed E-state index contributed by atoms with van der Waals surface area (Å²) in [4.78, 5) is 30.8. The summed E-state index contributed by atoms with van der Waals surface area (Å²) in [5, 5.41) is 4.19. The van der Waals surface area contributed by atoms with E-state index in [4.69, 9.17) is 11.6 Å². The molecule has 0 aliphatic heterocycles. The molecule has 2 aromatic carbocycles. The van der Waals surface area contributed by atoms with E-state index in [0.29, 0.717) is 34.5 Å². The van der Waals surface area contributed by atoms with Gasteiger partial charge in [0, 0.05) is 47.4 Å². The first kappa shape index (κ1) is 21.9. The van der Waals surface area contributed by atoms with Crippen LogP contribution in [0.5, 0.6) is 0 Å². The molecule has 2 amide bonds. The predicted octanol–water partition coefficient (Wildman–Crippen LogP) is 4.74. The van der Waals surface area contributed by atoms with Gasteiger partial charge in [-0.3, -0.25) is 14.2 Å². The minimum Gasteiger partial charge on any atom is -0.339 e. The Morgan fingerprint density at radius 3 is 2.53 bits per heavy atom. The number of benzene rings is 2. The fourth-order valence-electron chi connectivity index (χ4n) is 2.94. The van der Waals surface area contributed by atoms with Gasteiger partial charge in [0.1, 0.15) is 0 Å². The Kier molecular flexibility index (Phi) is 7.54. The molecule has 0 saturated heterocycles. The van der Waals surface area contributed by atoms with Crippen LogP contribution >= 0.6 is 23.4 Å². The summed E-state index contributed by atoms with van der Waals surface area (Å²) in [7, 11) is 0. The van der Waals surface area contributed by atoms with Gasteiger partial charge in [-0.05, 0) is 56.3 Å². The summed E-state index contributed by atoms with van der Waals surface area (Å²) in [6, 6.07) is 14.4. The van der Waals surface area contributed by atoms with Crippen LogP contribution in [0.1, 0.15) is 24.2 Å². The van der Waals surface area contributed by atoms with Crippen molar-refractivity contribution in [3.8, 4) is 5.69 Å². The van der Waals surface area contributed by atoms with Gasteiger partial charge < -0.3 is 10.2 Å². The van der Waals surface area contributed by atoms with Gasteiger partial charge >= 0.3 is 0 Å². The van der Waals surface area contributed by atoms with Crippen LogP contribution < -0.4 is 5.32 Å². The molecule has 0 radical (unpaired) electrons. The Bertz CT molecular complexity index is 1020. The van der Waals surface area contributed by atoms with Crippen molar-refractivity contribution in [3.63, 3.8) is 0 Å². The second kappa shape index (κ2) is 10.3. The van der Waals surface area contributed by atoms with Gasteiger partial charge in [0.15, 0.2) is 5.16 Å². The smallest absolute Gasteiger partial charge is 0.253 e. The molecule has 0 saturated carbocycles. The number of rotatable bonds is 8. The lowest BCUT2D eigenvalue weighted by molar-refractivity contribution is -0.113. The molecule has 156 valence electrons. The number of carbonyl (C=O) groups excluding carboxylic acids is 2. The van der Waals surface area contributed by atoms with E-state index in [1.54, 1.807) is 35.4 Å². The molecular weight excluding hydrogens is 420 g/mol. The second-order valence-corrected chi connectivity index (χ2v) is 7.83. The number of aromatic nitrogens is 2. The molecule has 8 heteroatoms. The van der Waals surface area contributed by atoms with E-state index in [1.165, 1.54) is 11.8 Å². The number of imidazole rings is 1. The third-order valence-corrected chi connectivity index (χ3v) is 5.69. The van der Waals surface area contributed by atoms with Crippen molar-refractivity contribution in [1.29, 1.82) is 0 Å². The van der Waals surface area contributed by atoms with Crippen LogP contribution in [0.25, 0.3) is 5.69 Å². The Morgan fingerprint density at radius 1 is 1.13 bits per heavy atom. The highest BCUT2D eigenvalue weighted by atomic mass is 35.5. The summed E-state index contributed by atoms with van der Waals surface area (Å²) >= 11 is 7.40. The average molecular weight is 443 g/mol. The Hall–Kier alpha value is -2.77. The van der Waals surface area contributed by atoms with Crippen molar-refractivity contribution in [2.45, 2.75) is 19.0 Å². The summed E-state index contributed by atoms with van der Waals surface area (Å²) < 4.78 is 1.89. The molecular formula is C22H23ClN4O2S. The van der Waals surface area contributed by atoms with Gasteiger partial charge in [-0.2, -0.15) is 0 Å². The number of thioether (sulfide) groups is 1. The number of carbonyl (C=O) groups is 2.